The SMILES string of the molecule is CCNC(c1cc(OC)cc(OC)c1)c1cnc(C)cn1. The Balaban J connectivity index is 2.44. The van der Waals surface area contributed by atoms with Crippen molar-refractivity contribution in [2.45, 2.75) is 19.9 Å². The second-order valence-electron chi connectivity index (χ2n) is 4.72. The van der Waals surface area contributed by atoms with Gasteiger partial charge in [0.15, 0.2) is 0 Å². The van der Waals surface area contributed by atoms with Crippen LogP contribution in [0.25, 0.3) is 0 Å². The molecule has 5 heteroatoms. The lowest BCUT2D eigenvalue weighted by atomic mass is 10.0. The van der Waals surface area contributed by atoms with Gasteiger partial charge in [-0.05, 0) is 31.2 Å². The number of hydrogen-bond donors (Lipinski definition) is 1. The van der Waals surface area contributed by atoms with Gasteiger partial charge < -0.3 is 14.8 Å². The fourth-order valence-corrected chi connectivity index (χ4v) is 2.15. The Morgan fingerprint density at radius 1 is 1.05 bits per heavy atom. The molecule has 1 aromatic carbocycles. The standard InChI is InChI=1S/C16H21N3O2/c1-5-17-16(15-10-18-11(2)9-19-15)12-6-13(20-3)8-14(7-12)21-4/h6-10,16-17H,5H2,1-4H3. The topological polar surface area (TPSA) is 56.3 Å². The third-order valence-electron chi connectivity index (χ3n) is 3.21. The number of nitrogens with zero attached hydrogens (tertiary/aromatic N) is 2. The molecule has 2 aromatic rings. The lowest BCUT2D eigenvalue weighted by Gasteiger charge is -2.19. The van der Waals surface area contributed by atoms with E-state index in [1.807, 2.05) is 25.1 Å². The van der Waals surface area contributed by atoms with Crippen LogP contribution < -0.4 is 14.8 Å². The van der Waals surface area contributed by atoms with Crippen LogP contribution in [0.1, 0.15) is 29.9 Å². The molecule has 0 saturated carbocycles. The van der Waals surface area contributed by atoms with Crippen molar-refractivity contribution in [1.82, 2.24) is 15.3 Å². The van der Waals surface area contributed by atoms with E-state index in [1.165, 1.54) is 0 Å². The minimum absolute atomic E-state index is 0.0490. The monoisotopic (exact) mass is 287 g/mol. The van der Waals surface area contributed by atoms with Crippen LogP contribution >= 0.6 is 0 Å². The molecule has 0 saturated heterocycles. The van der Waals surface area contributed by atoms with E-state index in [4.69, 9.17) is 9.47 Å². The van der Waals surface area contributed by atoms with Crippen LogP contribution in [0.4, 0.5) is 0 Å². The van der Waals surface area contributed by atoms with Crippen molar-refractivity contribution >= 4 is 0 Å². The summed E-state index contributed by atoms with van der Waals surface area (Å²) in [5, 5.41) is 3.42. The van der Waals surface area contributed by atoms with Gasteiger partial charge in [0.1, 0.15) is 11.5 Å². The average molecular weight is 287 g/mol. The summed E-state index contributed by atoms with van der Waals surface area (Å²) in [4.78, 5) is 8.81. The quantitative estimate of drug-likeness (QED) is 0.884. The molecule has 1 unspecified atom stereocenters. The van der Waals surface area contributed by atoms with Crippen LogP contribution in [0.5, 0.6) is 11.5 Å². The summed E-state index contributed by atoms with van der Waals surface area (Å²) in [6.07, 6.45) is 3.58. The highest BCUT2D eigenvalue weighted by molar-refractivity contribution is 5.41. The molecule has 1 atom stereocenters. The van der Waals surface area contributed by atoms with Gasteiger partial charge in [-0.2, -0.15) is 0 Å². The van der Waals surface area contributed by atoms with Crippen LogP contribution in [0, 0.1) is 6.92 Å². The summed E-state index contributed by atoms with van der Waals surface area (Å²) < 4.78 is 10.7. The maximum absolute atomic E-state index is 5.34. The molecule has 0 bridgehead atoms. The number of aryl methyl sites for hydroxylation is 1. The van der Waals surface area contributed by atoms with Gasteiger partial charge in [0.2, 0.25) is 0 Å². The molecule has 1 heterocycles. The lowest BCUT2D eigenvalue weighted by molar-refractivity contribution is 0.392. The highest BCUT2D eigenvalue weighted by Gasteiger charge is 2.17. The lowest BCUT2D eigenvalue weighted by Crippen LogP contribution is -2.23. The molecule has 21 heavy (non-hydrogen) atoms. The summed E-state index contributed by atoms with van der Waals surface area (Å²) in [5.74, 6) is 1.51. The molecule has 1 aromatic heterocycles. The number of hydrogen-bond acceptors (Lipinski definition) is 5. The Hall–Kier alpha value is -2.14. The fourth-order valence-electron chi connectivity index (χ4n) is 2.15. The van der Waals surface area contributed by atoms with E-state index in [-0.39, 0.29) is 6.04 Å². The number of methoxy groups -OCH3 is 2. The molecule has 0 radical (unpaired) electrons. The van der Waals surface area contributed by atoms with Crippen molar-refractivity contribution in [1.29, 1.82) is 0 Å². The zero-order chi connectivity index (χ0) is 15.2. The van der Waals surface area contributed by atoms with Gasteiger partial charge in [-0.3, -0.25) is 9.97 Å². The van der Waals surface area contributed by atoms with Gasteiger partial charge in [0.05, 0.1) is 37.8 Å². The fraction of sp³-hybridized carbons (Fsp3) is 0.375. The minimum atomic E-state index is -0.0490. The molecule has 5 nitrogen and oxygen atoms in total. The summed E-state index contributed by atoms with van der Waals surface area (Å²) in [5.41, 5.74) is 2.81. The average Bonchev–Trinajstić information content (AvgIpc) is 2.53. The zero-order valence-electron chi connectivity index (χ0n) is 12.9. The zero-order valence-corrected chi connectivity index (χ0v) is 12.9. The van der Waals surface area contributed by atoms with Crippen LogP contribution in [0.2, 0.25) is 0 Å². The molecule has 2 rings (SSSR count). The van der Waals surface area contributed by atoms with Crippen molar-refractivity contribution in [3.63, 3.8) is 0 Å². The van der Waals surface area contributed by atoms with Crippen LogP contribution in [0.15, 0.2) is 30.6 Å². The number of benzene rings is 1. The molecular formula is C16H21N3O2. The molecule has 0 aliphatic carbocycles. The molecule has 0 amide bonds. The number of rotatable bonds is 6. The maximum Gasteiger partial charge on any atom is 0.122 e. The van der Waals surface area contributed by atoms with Crippen molar-refractivity contribution in [3.05, 3.63) is 47.5 Å². The molecular weight excluding hydrogens is 266 g/mol. The Morgan fingerprint density at radius 2 is 1.71 bits per heavy atom. The van der Waals surface area contributed by atoms with Crippen molar-refractivity contribution < 1.29 is 9.47 Å². The molecule has 0 fully saturated rings. The Labute approximate surface area is 125 Å². The first kappa shape index (κ1) is 15.3. The van der Waals surface area contributed by atoms with E-state index in [0.717, 1.165) is 35.0 Å². The van der Waals surface area contributed by atoms with E-state index in [2.05, 4.69) is 22.2 Å². The van der Waals surface area contributed by atoms with Gasteiger partial charge in [-0.15, -0.1) is 0 Å². The second kappa shape index (κ2) is 7.04. The highest BCUT2D eigenvalue weighted by Crippen LogP contribution is 2.29. The molecule has 0 aliphatic heterocycles. The van der Waals surface area contributed by atoms with E-state index < -0.39 is 0 Å². The van der Waals surface area contributed by atoms with E-state index in [1.54, 1.807) is 26.6 Å². The summed E-state index contributed by atoms with van der Waals surface area (Å²) >= 11 is 0. The molecule has 0 spiro atoms. The van der Waals surface area contributed by atoms with Crippen LogP contribution in [-0.4, -0.2) is 30.7 Å². The van der Waals surface area contributed by atoms with Crippen LogP contribution in [-0.2, 0) is 0 Å². The number of nitrogens with one attached hydrogen (secondary N) is 1. The summed E-state index contributed by atoms with van der Waals surface area (Å²) in [6.45, 7) is 4.80. The van der Waals surface area contributed by atoms with E-state index >= 15 is 0 Å². The Morgan fingerprint density at radius 3 is 2.19 bits per heavy atom. The minimum Gasteiger partial charge on any atom is -0.497 e. The highest BCUT2D eigenvalue weighted by atomic mass is 16.5. The third kappa shape index (κ3) is 3.70. The normalized spacial score (nSPS) is 12.0. The van der Waals surface area contributed by atoms with Gasteiger partial charge in [-0.25, -0.2) is 0 Å². The van der Waals surface area contributed by atoms with Crippen molar-refractivity contribution in [2.75, 3.05) is 20.8 Å². The van der Waals surface area contributed by atoms with Gasteiger partial charge in [-0.1, -0.05) is 6.92 Å². The summed E-state index contributed by atoms with van der Waals surface area (Å²) in [7, 11) is 3.29. The number of ether oxygens (including phenoxy) is 2. The largest absolute Gasteiger partial charge is 0.497 e. The smallest absolute Gasteiger partial charge is 0.122 e. The van der Waals surface area contributed by atoms with Gasteiger partial charge in [0, 0.05) is 12.3 Å². The van der Waals surface area contributed by atoms with Gasteiger partial charge in [0.25, 0.3) is 0 Å². The predicted molar refractivity (Wildman–Crippen MR) is 81.8 cm³/mol. The Bertz CT molecular complexity index is 562. The van der Waals surface area contributed by atoms with Gasteiger partial charge >= 0.3 is 0 Å². The molecule has 0 aliphatic rings. The van der Waals surface area contributed by atoms with E-state index in [9.17, 15) is 0 Å². The third-order valence-corrected chi connectivity index (χ3v) is 3.21. The second-order valence-corrected chi connectivity index (χ2v) is 4.72. The van der Waals surface area contributed by atoms with Crippen LogP contribution in [0.3, 0.4) is 0 Å². The molecule has 112 valence electrons. The Kier molecular flexibility index (Phi) is 5.11. The predicted octanol–water partition coefficient (Wildman–Crippen LogP) is 2.50. The number of aromatic nitrogens is 2. The summed E-state index contributed by atoms with van der Waals surface area (Å²) in [6, 6.07) is 5.77. The first-order valence-corrected chi connectivity index (χ1v) is 6.92. The van der Waals surface area contributed by atoms with E-state index in [0.29, 0.717) is 0 Å². The first-order chi connectivity index (χ1) is 10.2. The first-order valence-electron chi connectivity index (χ1n) is 6.92. The maximum atomic E-state index is 5.34. The van der Waals surface area contributed by atoms with Crippen molar-refractivity contribution in [2.24, 2.45) is 0 Å². The van der Waals surface area contributed by atoms with Crippen molar-refractivity contribution in [3.8, 4) is 11.5 Å². The molecule has 1 N–H and O–H groups in total.